The molecular formula is C14H7Cl2FN2O. The second-order valence-corrected chi connectivity index (χ2v) is 5.02. The van der Waals surface area contributed by atoms with Crippen LogP contribution >= 0.6 is 23.2 Å². The summed E-state index contributed by atoms with van der Waals surface area (Å²) in [6.07, 6.45) is 1.37. The van der Waals surface area contributed by atoms with Crippen LogP contribution in [-0.2, 0) is 0 Å². The number of fused-ring (bicyclic) bond motifs is 1. The molecule has 1 aromatic heterocycles. The normalized spacial score (nSPS) is 10.9. The van der Waals surface area contributed by atoms with Gasteiger partial charge in [-0.2, -0.15) is 0 Å². The quantitative estimate of drug-likeness (QED) is 0.685. The molecule has 0 unspecified atom stereocenters. The Balaban J connectivity index is 2.27. The second kappa shape index (κ2) is 4.89. The number of rotatable bonds is 1. The van der Waals surface area contributed by atoms with E-state index in [4.69, 9.17) is 23.2 Å². The van der Waals surface area contributed by atoms with Crippen LogP contribution in [0, 0.1) is 5.82 Å². The highest BCUT2D eigenvalue weighted by molar-refractivity contribution is 6.31. The largest absolute Gasteiger partial charge is 0.268 e. The number of benzene rings is 2. The highest BCUT2D eigenvalue weighted by atomic mass is 35.5. The molecule has 20 heavy (non-hydrogen) atoms. The molecule has 0 fully saturated rings. The van der Waals surface area contributed by atoms with Gasteiger partial charge in [-0.1, -0.05) is 23.2 Å². The summed E-state index contributed by atoms with van der Waals surface area (Å²) >= 11 is 11.6. The van der Waals surface area contributed by atoms with Gasteiger partial charge < -0.3 is 0 Å². The third-order valence-corrected chi connectivity index (χ3v) is 3.43. The van der Waals surface area contributed by atoms with E-state index in [0.29, 0.717) is 21.6 Å². The van der Waals surface area contributed by atoms with Crippen LogP contribution in [0.1, 0.15) is 0 Å². The Morgan fingerprint density at radius 3 is 2.65 bits per heavy atom. The lowest BCUT2D eigenvalue weighted by molar-refractivity contribution is 0.627. The first-order valence-corrected chi connectivity index (χ1v) is 6.44. The van der Waals surface area contributed by atoms with Gasteiger partial charge in [-0.15, -0.1) is 0 Å². The number of hydrogen-bond acceptors (Lipinski definition) is 2. The van der Waals surface area contributed by atoms with Gasteiger partial charge in [-0.05, 0) is 36.4 Å². The first-order chi connectivity index (χ1) is 9.56. The summed E-state index contributed by atoms with van der Waals surface area (Å²) in [5, 5.41) is 0.884. The Kier molecular flexibility index (Phi) is 3.20. The molecule has 3 aromatic rings. The van der Waals surface area contributed by atoms with E-state index in [2.05, 4.69) is 4.98 Å². The molecule has 0 aliphatic heterocycles. The maximum Gasteiger partial charge on any atom is 0.265 e. The second-order valence-electron chi connectivity index (χ2n) is 4.18. The lowest BCUT2D eigenvalue weighted by Gasteiger charge is -2.07. The van der Waals surface area contributed by atoms with Gasteiger partial charge >= 0.3 is 0 Å². The highest BCUT2D eigenvalue weighted by Crippen LogP contribution is 2.19. The van der Waals surface area contributed by atoms with E-state index < -0.39 is 5.82 Å². The van der Waals surface area contributed by atoms with Gasteiger partial charge in [-0.3, -0.25) is 9.36 Å². The summed E-state index contributed by atoms with van der Waals surface area (Å²) < 4.78 is 14.5. The zero-order valence-electron chi connectivity index (χ0n) is 9.98. The molecule has 0 aliphatic carbocycles. The standard InChI is InChI=1S/C14H7Cl2FN2O/c15-8-1-3-10-13(5-8)18-7-19(14(10)20)9-2-4-12(17)11(16)6-9/h1-7H. The van der Waals surface area contributed by atoms with Gasteiger partial charge in [0.25, 0.3) is 5.56 Å². The molecule has 0 spiro atoms. The van der Waals surface area contributed by atoms with Crippen LogP contribution in [0.25, 0.3) is 16.6 Å². The molecule has 0 saturated heterocycles. The maximum atomic E-state index is 13.2. The molecule has 0 aliphatic rings. The molecule has 0 amide bonds. The summed E-state index contributed by atoms with van der Waals surface area (Å²) in [6.45, 7) is 0. The van der Waals surface area contributed by atoms with E-state index in [9.17, 15) is 9.18 Å². The van der Waals surface area contributed by atoms with Crippen molar-refractivity contribution in [3.05, 3.63) is 68.9 Å². The maximum absolute atomic E-state index is 13.2. The predicted molar refractivity (Wildman–Crippen MR) is 77.3 cm³/mol. The third-order valence-electron chi connectivity index (χ3n) is 2.90. The molecule has 0 bridgehead atoms. The van der Waals surface area contributed by atoms with Crippen molar-refractivity contribution in [3.63, 3.8) is 0 Å². The topological polar surface area (TPSA) is 34.9 Å². The lowest BCUT2D eigenvalue weighted by Crippen LogP contribution is -2.18. The molecule has 6 heteroatoms. The van der Waals surface area contributed by atoms with E-state index in [-0.39, 0.29) is 10.6 Å². The van der Waals surface area contributed by atoms with Gasteiger partial charge in [0.05, 0.1) is 21.6 Å². The van der Waals surface area contributed by atoms with Crippen molar-refractivity contribution in [1.82, 2.24) is 9.55 Å². The molecular weight excluding hydrogens is 302 g/mol. The van der Waals surface area contributed by atoms with Crippen LogP contribution in [0.5, 0.6) is 0 Å². The van der Waals surface area contributed by atoms with Crippen LogP contribution in [0.3, 0.4) is 0 Å². The van der Waals surface area contributed by atoms with Crippen LogP contribution in [0.2, 0.25) is 10.0 Å². The van der Waals surface area contributed by atoms with E-state index in [1.165, 1.54) is 29.1 Å². The number of hydrogen-bond donors (Lipinski definition) is 0. The molecule has 100 valence electrons. The summed E-state index contributed by atoms with van der Waals surface area (Å²) in [5.74, 6) is -0.538. The fraction of sp³-hybridized carbons (Fsp3) is 0. The molecule has 0 atom stereocenters. The Morgan fingerprint density at radius 2 is 1.90 bits per heavy atom. The summed E-state index contributed by atoms with van der Waals surface area (Å²) in [4.78, 5) is 16.6. The lowest BCUT2D eigenvalue weighted by atomic mass is 10.2. The summed E-state index contributed by atoms with van der Waals surface area (Å²) in [7, 11) is 0. The zero-order chi connectivity index (χ0) is 14.3. The van der Waals surface area contributed by atoms with E-state index >= 15 is 0 Å². The van der Waals surface area contributed by atoms with Crippen LogP contribution < -0.4 is 5.56 Å². The molecule has 3 nitrogen and oxygen atoms in total. The number of halogens is 3. The average Bonchev–Trinajstić information content (AvgIpc) is 2.42. The first kappa shape index (κ1) is 13.1. The molecule has 2 aromatic carbocycles. The van der Waals surface area contributed by atoms with Crippen molar-refractivity contribution >= 4 is 34.1 Å². The van der Waals surface area contributed by atoms with Gasteiger partial charge in [0.15, 0.2) is 0 Å². The van der Waals surface area contributed by atoms with Crippen molar-refractivity contribution in [2.24, 2.45) is 0 Å². The zero-order valence-corrected chi connectivity index (χ0v) is 11.5. The molecule has 0 radical (unpaired) electrons. The number of aromatic nitrogens is 2. The van der Waals surface area contributed by atoms with Crippen molar-refractivity contribution in [2.75, 3.05) is 0 Å². The molecule has 1 heterocycles. The smallest absolute Gasteiger partial charge is 0.265 e. The van der Waals surface area contributed by atoms with Gasteiger partial charge in [0, 0.05) is 5.02 Å². The van der Waals surface area contributed by atoms with Crippen molar-refractivity contribution < 1.29 is 4.39 Å². The van der Waals surface area contributed by atoms with Crippen LogP contribution in [0.4, 0.5) is 4.39 Å². The Hall–Kier alpha value is -1.91. The summed E-state index contributed by atoms with van der Waals surface area (Å²) in [5.41, 5.74) is 0.687. The van der Waals surface area contributed by atoms with E-state index in [1.807, 2.05) is 0 Å². The summed E-state index contributed by atoms with van der Waals surface area (Å²) in [6, 6.07) is 8.88. The average molecular weight is 309 g/mol. The molecule has 0 saturated carbocycles. The highest BCUT2D eigenvalue weighted by Gasteiger charge is 2.08. The van der Waals surface area contributed by atoms with E-state index in [0.717, 1.165) is 0 Å². The SMILES string of the molecule is O=c1c2ccc(Cl)cc2ncn1-c1ccc(F)c(Cl)c1. The van der Waals surface area contributed by atoms with Gasteiger partial charge in [0.2, 0.25) is 0 Å². The Labute approximate surface area is 123 Å². The first-order valence-electron chi connectivity index (χ1n) is 5.68. The Bertz CT molecular complexity index is 877. The number of nitrogens with zero attached hydrogens (tertiary/aromatic N) is 2. The van der Waals surface area contributed by atoms with Crippen LogP contribution in [-0.4, -0.2) is 9.55 Å². The Morgan fingerprint density at radius 1 is 1.10 bits per heavy atom. The monoisotopic (exact) mass is 308 g/mol. The minimum atomic E-state index is -0.538. The van der Waals surface area contributed by atoms with Crippen molar-refractivity contribution in [1.29, 1.82) is 0 Å². The van der Waals surface area contributed by atoms with Crippen molar-refractivity contribution in [3.8, 4) is 5.69 Å². The van der Waals surface area contributed by atoms with Crippen LogP contribution in [0.15, 0.2) is 47.5 Å². The minimum Gasteiger partial charge on any atom is -0.268 e. The van der Waals surface area contributed by atoms with E-state index in [1.54, 1.807) is 18.2 Å². The van der Waals surface area contributed by atoms with Crippen molar-refractivity contribution in [2.45, 2.75) is 0 Å². The fourth-order valence-electron chi connectivity index (χ4n) is 1.91. The molecule has 0 N–H and O–H groups in total. The fourth-order valence-corrected chi connectivity index (χ4v) is 2.25. The van der Waals surface area contributed by atoms with Gasteiger partial charge in [0.1, 0.15) is 12.1 Å². The third kappa shape index (κ3) is 2.17. The molecule has 3 rings (SSSR count). The van der Waals surface area contributed by atoms with Gasteiger partial charge in [-0.25, -0.2) is 9.37 Å². The predicted octanol–water partition coefficient (Wildman–Crippen LogP) is 3.83. The minimum absolute atomic E-state index is 0.0504.